The number of aliphatic carboxylic acids is 3. The van der Waals surface area contributed by atoms with Gasteiger partial charge in [0.15, 0.2) is 5.96 Å². The number of carbonyl (C=O) groups is 8. The fourth-order valence-corrected chi connectivity index (χ4v) is 8.42. The van der Waals surface area contributed by atoms with Crippen molar-refractivity contribution < 1.29 is 73.0 Å². The highest BCUT2D eigenvalue weighted by Gasteiger charge is 2.29. The van der Waals surface area contributed by atoms with Gasteiger partial charge in [-0.2, -0.15) is 0 Å². The number of nitrogens with two attached hydrogens (primary N) is 1. The van der Waals surface area contributed by atoms with E-state index in [2.05, 4.69) is 36.9 Å². The number of carboxylic acids is 3. The molecule has 0 saturated carbocycles. The van der Waals surface area contributed by atoms with Crippen LogP contribution in [0.5, 0.6) is 11.5 Å². The third kappa shape index (κ3) is 28.0. The topological polar surface area (TPSA) is 369 Å². The van der Waals surface area contributed by atoms with E-state index in [0.29, 0.717) is 36.4 Å². The standard InChI is InChI=1S/C55H80N12O15/c1-2-46(69)57-18-19-60-55(79)63-54(56)59-17-7-12-45(52(77)61-35-40-13-15-43(68)16-14-40)62-53(78)51(41-8-4-3-5-9-41)42-10-6-11-44(34-42)82-33-32-81-31-30-80-29-20-58-47(70)36-64-21-23-65(37-48(71)72)25-27-67(39-50(75)76)28-26-66(24-22-64)38-49(73)74/h3-6,8-11,13-16,34,45,51,68H,2,7,12,17-33,35-39H2,1H3,(H,57,69)(H,58,70)(H,61,77)(H,62,78)(H,71,72)(H,73,74)(H,75,76)(H4,56,59,60,63,79)/t45-,51+/m1/s1. The Morgan fingerprint density at radius 1 is 0.598 bits per heavy atom. The highest BCUT2D eigenvalue weighted by Crippen LogP contribution is 2.28. The number of benzene rings is 3. The van der Waals surface area contributed by atoms with Gasteiger partial charge in [-0.05, 0) is 53.8 Å². The highest BCUT2D eigenvalue weighted by atomic mass is 16.5. The molecule has 1 heterocycles. The molecule has 0 aromatic heterocycles. The van der Waals surface area contributed by atoms with Gasteiger partial charge in [0, 0.05) is 91.5 Å². The van der Waals surface area contributed by atoms with Crippen molar-refractivity contribution in [1.82, 2.24) is 51.5 Å². The summed E-state index contributed by atoms with van der Waals surface area (Å²) in [4.78, 5) is 111. The van der Waals surface area contributed by atoms with Crippen LogP contribution in [0.25, 0.3) is 0 Å². The maximum absolute atomic E-state index is 14.4. The van der Waals surface area contributed by atoms with Crippen LogP contribution in [0.3, 0.4) is 0 Å². The van der Waals surface area contributed by atoms with Crippen LogP contribution >= 0.6 is 0 Å². The summed E-state index contributed by atoms with van der Waals surface area (Å²) >= 11 is 0. The Morgan fingerprint density at radius 3 is 1.72 bits per heavy atom. The third-order valence-corrected chi connectivity index (χ3v) is 12.7. The first kappa shape index (κ1) is 66.6. The van der Waals surface area contributed by atoms with E-state index in [-0.39, 0.29) is 168 Å². The summed E-state index contributed by atoms with van der Waals surface area (Å²) in [5, 5.41) is 54.4. The van der Waals surface area contributed by atoms with Gasteiger partial charge in [-0.25, -0.2) is 4.79 Å². The minimum absolute atomic E-state index is 0.0229. The monoisotopic (exact) mass is 1150 g/mol. The number of phenols is 1. The second kappa shape index (κ2) is 37.9. The van der Waals surface area contributed by atoms with Crippen molar-refractivity contribution >= 4 is 53.5 Å². The van der Waals surface area contributed by atoms with E-state index in [1.165, 1.54) is 12.1 Å². The number of aromatic hydroxyl groups is 1. The lowest BCUT2D eigenvalue weighted by atomic mass is 9.90. The second-order valence-corrected chi connectivity index (χ2v) is 19.1. The molecule has 1 aliphatic heterocycles. The van der Waals surface area contributed by atoms with Gasteiger partial charge in [0.05, 0.1) is 58.5 Å². The summed E-state index contributed by atoms with van der Waals surface area (Å²) in [6, 6.07) is 20.8. The zero-order valence-electron chi connectivity index (χ0n) is 46.4. The Kier molecular flexibility index (Phi) is 30.8. The number of urea groups is 1. The summed E-state index contributed by atoms with van der Waals surface area (Å²) in [5.41, 5.74) is 7.91. The molecule has 3 aromatic carbocycles. The molecular weight excluding hydrogens is 1070 g/mol. The minimum atomic E-state index is -1.04. The maximum Gasteiger partial charge on any atom is 0.321 e. The van der Waals surface area contributed by atoms with Crippen LogP contribution in [0.4, 0.5) is 4.79 Å². The molecule has 0 bridgehead atoms. The van der Waals surface area contributed by atoms with Crippen molar-refractivity contribution in [3.05, 3.63) is 95.6 Å². The van der Waals surface area contributed by atoms with E-state index in [4.69, 9.17) is 19.9 Å². The number of hydrogen-bond donors (Lipinski definition) is 11. The molecule has 450 valence electrons. The largest absolute Gasteiger partial charge is 0.508 e. The quantitative estimate of drug-likeness (QED) is 0.0203. The van der Waals surface area contributed by atoms with Crippen LogP contribution in [-0.2, 0) is 49.6 Å². The zero-order valence-corrected chi connectivity index (χ0v) is 46.4. The van der Waals surface area contributed by atoms with Crippen molar-refractivity contribution in [2.45, 2.75) is 44.7 Å². The van der Waals surface area contributed by atoms with Crippen LogP contribution in [-0.4, -0.2) is 237 Å². The Hall–Kier alpha value is -7.95. The molecule has 6 amide bonds. The van der Waals surface area contributed by atoms with Gasteiger partial charge in [0.2, 0.25) is 23.6 Å². The summed E-state index contributed by atoms with van der Waals surface area (Å²) in [6.07, 6.45) is 0.762. The molecule has 27 nitrogen and oxygen atoms in total. The van der Waals surface area contributed by atoms with Gasteiger partial charge in [0.1, 0.15) is 24.1 Å². The number of hydrogen-bond acceptors (Lipinski definition) is 17. The van der Waals surface area contributed by atoms with Gasteiger partial charge in [-0.15, -0.1) is 0 Å². The van der Waals surface area contributed by atoms with E-state index in [9.17, 15) is 58.8 Å². The zero-order chi connectivity index (χ0) is 59.5. The number of carboxylic acid groups (broad SMARTS) is 3. The van der Waals surface area contributed by atoms with E-state index >= 15 is 0 Å². The molecule has 1 saturated heterocycles. The lowest BCUT2D eigenvalue weighted by Crippen LogP contribution is -2.50. The first-order valence-corrected chi connectivity index (χ1v) is 27.2. The van der Waals surface area contributed by atoms with Crippen molar-refractivity contribution in [3.8, 4) is 11.5 Å². The minimum Gasteiger partial charge on any atom is -0.508 e. The van der Waals surface area contributed by atoms with Gasteiger partial charge in [0.25, 0.3) is 0 Å². The number of phenolic OH excluding ortho intramolecular Hbond substituents is 1. The van der Waals surface area contributed by atoms with E-state index in [1.807, 2.05) is 35.2 Å². The fraction of sp³-hybridized carbons (Fsp3) is 0.509. The van der Waals surface area contributed by atoms with Crippen LogP contribution in [0.2, 0.25) is 0 Å². The highest BCUT2D eigenvalue weighted by molar-refractivity contribution is 5.95. The molecule has 1 aliphatic rings. The van der Waals surface area contributed by atoms with Crippen molar-refractivity contribution in [3.63, 3.8) is 0 Å². The first-order chi connectivity index (χ1) is 39.5. The SMILES string of the molecule is CCC(=O)NCCNC(=O)NC(N)=NCCC[C@@H](NC(=O)[C@@H](c1ccccc1)c1cccc(OCCOCCOCCNC(=O)CN2CCN(CC(=O)O)CCN(CC(=O)O)CCN(CC(=O)O)CC2)c1)C(=O)NCc1ccc(O)cc1. The van der Waals surface area contributed by atoms with Gasteiger partial charge in [-0.3, -0.25) is 63.5 Å². The molecule has 3 aromatic rings. The third-order valence-electron chi connectivity index (χ3n) is 12.7. The number of ether oxygens (including phenoxy) is 3. The number of nitrogens with zero attached hydrogens (tertiary/aromatic N) is 5. The predicted octanol–water partition coefficient (Wildman–Crippen LogP) is -0.751. The normalized spacial score (nSPS) is 14.9. The van der Waals surface area contributed by atoms with Crippen molar-refractivity contribution in [1.29, 1.82) is 0 Å². The average molecular weight is 1150 g/mol. The van der Waals surface area contributed by atoms with E-state index < -0.39 is 47.7 Å². The molecule has 2 atom stereocenters. The summed E-state index contributed by atoms with van der Waals surface area (Å²) < 4.78 is 17.4. The number of rotatable bonds is 33. The predicted molar refractivity (Wildman–Crippen MR) is 301 cm³/mol. The van der Waals surface area contributed by atoms with Crippen molar-refractivity contribution in [2.75, 3.05) is 138 Å². The number of carbonyl (C=O) groups excluding carboxylic acids is 5. The number of nitrogens with one attached hydrogen (secondary N) is 6. The molecule has 12 N–H and O–H groups in total. The maximum atomic E-state index is 14.4. The number of aliphatic imine (C=N–C) groups is 1. The molecular formula is C55H80N12O15. The molecule has 1 fully saturated rings. The molecule has 0 aliphatic carbocycles. The Bertz CT molecular complexity index is 2480. The van der Waals surface area contributed by atoms with Crippen LogP contribution in [0.1, 0.15) is 48.8 Å². The van der Waals surface area contributed by atoms with Crippen molar-refractivity contribution in [2.24, 2.45) is 10.7 Å². The molecule has 0 unspecified atom stereocenters. The number of guanidine groups is 1. The molecule has 0 radical (unpaired) electrons. The molecule has 4 rings (SSSR count). The molecule has 0 spiro atoms. The van der Waals surface area contributed by atoms with Crippen LogP contribution in [0, 0.1) is 0 Å². The summed E-state index contributed by atoms with van der Waals surface area (Å²) in [5.74, 6) is -4.96. The lowest BCUT2D eigenvalue weighted by molar-refractivity contribution is -0.140. The smallest absolute Gasteiger partial charge is 0.321 e. The molecule has 27 heteroatoms. The fourth-order valence-electron chi connectivity index (χ4n) is 8.42. The van der Waals surface area contributed by atoms with E-state index in [0.717, 1.165) is 5.56 Å². The Balaban J connectivity index is 1.26. The molecule has 82 heavy (non-hydrogen) atoms. The average Bonchev–Trinajstić information content (AvgIpc) is 3.64. The Labute approximate surface area is 476 Å². The van der Waals surface area contributed by atoms with Gasteiger partial charge in [-0.1, -0.05) is 61.5 Å². The van der Waals surface area contributed by atoms with Crippen LogP contribution < -0.4 is 42.4 Å². The second-order valence-electron chi connectivity index (χ2n) is 19.1. The van der Waals surface area contributed by atoms with Gasteiger partial charge < -0.3 is 67.0 Å². The summed E-state index contributed by atoms with van der Waals surface area (Å²) in [7, 11) is 0. The number of amides is 6. The summed E-state index contributed by atoms with van der Waals surface area (Å²) in [6.45, 7) is 5.04. The lowest BCUT2D eigenvalue weighted by Gasteiger charge is -2.32. The van der Waals surface area contributed by atoms with Gasteiger partial charge >= 0.3 is 23.9 Å². The first-order valence-electron chi connectivity index (χ1n) is 27.2. The van der Waals surface area contributed by atoms with E-state index in [1.54, 1.807) is 58.0 Å². The van der Waals surface area contributed by atoms with Crippen LogP contribution in [0.15, 0.2) is 83.9 Å². The Morgan fingerprint density at radius 2 is 1.13 bits per heavy atom.